The molecule has 1 heterocycles. The highest BCUT2D eigenvalue weighted by atomic mass is 32.1. The van der Waals surface area contributed by atoms with Crippen LogP contribution in [0.1, 0.15) is 30.7 Å². The van der Waals surface area contributed by atoms with Gasteiger partial charge in [-0.25, -0.2) is 4.98 Å². The fourth-order valence-corrected chi connectivity index (χ4v) is 2.96. The summed E-state index contributed by atoms with van der Waals surface area (Å²) in [6.45, 7) is 2.66. The molecule has 0 atom stereocenters. The van der Waals surface area contributed by atoms with E-state index in [9.17, 15) is 0 Å². The Balaban J connectivity index is 1.88. The Morgan fingerprint density at radius 3 is 2.67 bits per heavy atom. The molecular weight excluding hydrogens is 244 g/mol. The summed E-state index contributed by atoms with van der Waals surface area (Å²) >= 11 is 1.63. The van der Waals surface area contributed by atoms with Crippen LogP contribution in [0.3, 0.4) is 0 Å². The van der Waals surface area contributed by atoms with Gasteiger partial charge in [0.05, 0.1) is 11.6 Å². The minimum Gasteiger partial charge on any atom is -0.494 e. The lowest BCUT2D eigenvalue weighted by molar-refractivity contribution is 0.340. The molecule has 1 aliphatic carbocycles. The molecule has 1 aromatic carbocycles. The predicted molar refractivity (Wildman–Crippen MR) is 75.1 cm³/mol. The molecule has 0 bridgehead atoms. The fourth-order valence-electron chi connectivity index (χ4n) is 1.94. The van der Waals surface area contributed by atoms with Gasteiger partial charge in [-0.05, 0) is 44.0 Å². The van der Waals surface area contributed by atoms with Gasteiger partial charge in [0.15, 0.2) is 0 Å². The van der Waals surface area contributed by atoms with Crippen LogP contribution in [0.25, 0.3) is 11.3 Å². The first-order valence-electron chi connectivity index (χ1n) is 6.27. The Bertz CT molecular complexity index is 543. The molecule has 1 aromatic heterocycles. The number of anilines is 1. The fraction of sp³-hybridized carbons (Fsp3) is 0.357. The number of ether oxygens (including phenoxy) is 1. The van der Waals surface area contributed by atoms with Crippen molar-refractivity contribution >= 4 is 16.3 Å². The minimum absolute atomic E-state index is 0.661. The second-order valence-electron chi connectivity index (χ2n) is 4.50. The Morgan fingerprint density at radius 1 is 1.33 bits per heavy atom. The predicted octanol–water partition coefficient (Wildman–Crippen LogP) is 3.67. The summed E-state index contributed by atoms with van der Waals surface area (Å²) in [7, 11) is 0. The highest BCUT2D eigenvalue weighted by Crippen LogP contribution is 2.45. The van der Waals surface area contributed by atoms with E-state index in [1.807, 2.05) is 31.2 Å². The quantitative estimate of drug-likeness (QED) is 0.912. The van der Waals surface area contributed by atoms with Crippen LogP contribution in [-0.4, -0.2) is 11.6 Å². The molecule has 18 heavy (non-hydrogen) atoms. The van der Waals surface area contributed by atoms with Crippen molar-refractivity contribution in [2.75, 3.05) is 12.3 Å². The van der Waals surface area contributed by atoms with Crippen LogP contribution in [0.15, 0.2) is 24.3 Å². The third-order valence-corrected chi connectivity index (χ3v) is 4.08. The molecule has 0 amide bonds. The lowest BCUT2D eigenvalue weighted by Gasteiger charge is -2.03. The summed E-state index contributed by atoms with van der Waals surface area (Å²) < 4.78 is 5.43. The average Bonchev–Trinajstić information content (AvgIpc) is 3.15. The second kappa shape index (κ2) is 4.61. The number of aromatic nitrogens is 1. The van der Waals surface area contributed by atoms with Crippen molar-refractivity contribution in [1.82, 2.24) is 4.98 Å². The lowest BCUT2D eigenvalue weighted by atomic mass is 10.1. The third kappa shape index (κ3) is 2.20. The average molecular weight is 260 g/mol. The maximum absolute atomic E-state index is 6.06. The summed E-state index contributed by atoms with van der Waals surface area (Å²) in [5, 5.41) is 2.01. The molecule has 3 rings (SSSR count). The smallest absolute Gasteiger partial charge is 0.119 e. The molecule has 0 unspecified atom stereocenters. The lowest BCUT2D eigenvalue weighted by Crippen LogP contribution is -1.91. The van der Waals surface area contributed by atoms with Gasteiger partial charge in [0.1, 0.15) is 16.4 Å². The zero-order valence-corrected chi connectivity index (χ0v) is 11.2. The molecule has 0 radical (unpaired) electrons. The highest BCUT2D eigenvalue weighted by Gasteiger charge is 2.28. The van der Waals surface area contributed by atoms with Crippen molar-refractivity contribution < 1.29 is 4.74 Å². The molecule has 0 spiro atoms. The number of thiazole rings is 1. The number of nitrogen functional groups attached to an aromatic ring is 1. The van der Waals surface area contributed by atoms with Crippen molar-refractivity contribution in [3.05, 3.63) is 29.3 Å². The Labute approximate surface area is 111 Å². The molecule has 2 N–H and O–H groups in total. The zero-order valence-electron chi connectivity index (χ0n) is 10.3. The van der Waals surface area contributed by atoms with E-state index < -0.39 is 0 Å². The van der Waals surface area contributed by atoms with Crippen molar-refractivity contribution in [1.29, 1.82) is 0 Å². The number of rotatable bonds is 4. The zero-order chi connectivity index (χ0) is 12.5. The van der Waals surface area contributed by atoms with Gasteiger partial charge in [0.2, 0.25) is 0 Å². The highest BCUT2D eigenvalue weighted by molar-refractivity contribution is 7.16. The molecule has 1 aliphatic rings. The van der Waals surface area contributed by atoms with Crippen LogP contribution >= 0.6 is 11.3 Å². The molecule has 0 aliphatic heterocycles. The van der Waals surface area contributed by atoms with Crippen LogP contribution in [0, 0.1) is 0 Å². The van der Waals surface area contributed by atoms with Crippen LogP contribution < -0.4 is 10.5 Å². The third-order valence-electron chi connectivity index (χ3n) is 3.04. The normalized spacial score (nSPS) is 14.7. The van der Waals surface area contributed by atoms with Crippen LogP contribution in [0.2, 0.25) is 0 Å². The minimum atomic E-state index is 0.661. The van der Waals surface area contributed by atoms with E-state index in [0.29, 0.717) is 12.5 Å². The number of hydrogen-bond acceptors (Lipinski definition) is 4. The van der Waals surface area contributed by atoms with Crippen molar-refractivity contribution in [3.63, 3.8) is 0 Å². The number of nitrogens with zero attached hydrogens (tertiary/aromatic N) is 1. The Morgan fingerprint density at radius 2 is 2.06 bits per heavy atom. The molecule has 94 valence electrons. The van der Waals surface area contributed by atoms with Gasteiger partial charge in [-0.3, -0.25) is 0 Å². The van der Waals surface area contributed by atoms with Gasteiger partial charge in [-0.2, -0.15) is 0 Å². The van der Waals surface area contributed by atoms with Gasteiger partial charge >= 0.3 is 0 Å². The summed E-state index contributed by atoms with van der Waals surface area (Å²) in [4.78, 5) is 4.67. The first-order valence-corrected chi connectivity index (χ1v) is 7.09. The molecule has 0 saturated heterocycles. The molecule has 1 fully saturated rings. The van der Waals surface area contributed by atoms with Gasteiger partial charge in [0, 0.05) is 11.5 Å². The van der Waals surface area contributed by atoms with Crippen molar-refractivity contribution in [3.8, 4) is 17.0 Å². The maximum atomic E-state index is 6.06. The van der Waals surface area contributed by atoms with Crippen LogP contribution in [-0.2, 0) is 0 Å². The van der Waals surface area contributed by atoms with Gasteiger partial charge in [0.25, 0.3) is 0 Å². The first kappa shape index (κ1) is 11.5. The van der Waals surface area contributed by atoms with Gasteiger partial charge in [-0.15, -0.1) is 11.3 Å². The first-order chi connectivity index (χ1) is 8.78. The van der Waals surface area contributed by atoms with E-state index in [2.05, 4.69) is 4.98 Å². The second-order valence-corrected chi connectivity index (χ2v) is 5.56. The van der Waals surface area contributed by atoms with Crippen LogP contribution in [0.4, 0.5) is 5.00 Å². The summed E-state index contributed by atoms with van der Waals surface area (Å²) in [6, 6.07) is 7.98. The van der Waals surface area contributed by atoms with E-state index in [1.165, 1.54) is 17.8 Å². The van der Waals surface area contributed by atoms with Crippen molar-refractivity contribution in [2.45, 2.75) is 25.7 Å². The summed E-state index contributed by atoms with van der Waals surface area (Å²) in [5.74, 6) is 1.55. The molecule has 3 nitrogen and oxygen atoms in total. The monoisotopic (exact) mass is 260 g/mol. The Kier molecular flexibility index (Phi) is 2.96. The number of nitrogens with two attached hydrogens (primary N) is 1. The Hall–Kier alpha value is -1.55. The summed E-state index contributed by atoms with van der Waals surface area (Å²) in [6.07, 6.45) is 2.52. The standard InChI is InChI=1S/C14H16N2OS/c1-2-17-11-7-5-9(6-8-11)12-13(15)18-14(16-12)10-3-4-10/h5-8,10H,2-4,15H2,1H3. The molecular formula is C14H16N2OS. The SMILES string of the molecule is CCOc1ccc(-c2nc(C3CC3)sc2N)cc1. The van der Waals surface area contributed by atoms with Gasteiger partial charge < -0.3 is 10.5 Å². The van der Waals surface area contributed by atoms with Crippen molar-refractivity contribution in [2.24, 2.45) is 0 Å². The summed E-state index contributed by atoms with van der Waals surface area (Å²) in [5.41, 5.74) is 8.05. The van der Waals surface area contributed by atoms with E-state index in [4.69, 9.17) is 10.5 Å². The topological polar surface area (TPSA) is 48.1 Å². The maximum Gasteiger partial charge on any atom is 0.119 e. The van der Waals surface area contributed by atoms with Crippen LogP contribution in [0.5, 0.6) is 5.75 Å². The molecule has 2 aromatic rings. The number of hydrogen-bond donors (Lipinski definition) is 1. The van der Waals surface area contributed by atoms with E-state index in [-0.39, 0.29) is 0 Å². The largest absolute Gasteiger partial charge is 0.494 e. The van der Waals surface area contributed by atoms with Gasteiger partial charge in [-0.1, -0.05) is 0 Å². The van der Waals surface area contributed by atoms with E-state index in [1.54, 1.807) is 11.3 Å². The molecule has 4 heteroatoms. The molecule has 1 saturated carbocycles. The van der Waals surface area contributed by atoms with E-state index in [0.717, 1.165) is 22.0 Å². The van der Waals surface area contributed by atoms with E-state index >= 15 is 0 Å². The number of benzene rings is 1.